The molecule has 0 bridgehead atoms. The first-order valence-electron chi connectivity index (χ1n) is 12.8. The summed E-state index contributed by atoms with van der Waals surface area (Å²) < 4.78 is 29.0. The Labute approximate surface area is 231 Å². The summed E-state index contributed by atoms with van der Waals surface area (Å²) in [7, 11) is -3.66. The molecule has 2 aliphatic rings. The molecule has 0 aliphatic carbocycles. The van der Waals surface area contributed by atoms with Gasteiger partial charge in [0.05, 0.1) is 17.4 Å². The number of benzene rings is 1. The molecule has 4 aromatic rings. The summed E-state index contributed by atoms with van der Waals surface area (Å²) in [4.78, 5) is 17.3. The molecule has 1 saturated heterocycles. The van der Waals surface area contributed by atoms with Crippen LogP contribution in [0.15, 0.2) is 64.6 Å². The number of thiazole rings is 1. The lowest BCUT2D eigenvalue weighted by Gasteiger charge is -2.29. The second-order valence-electron chi connectivity index (χ2n) is 10.0. The number of aromatic nitrogens is 3. The molecule has 8 nitrogen and oxygen atoms in total. The second kappa shape index (κ2) is 10.4. The first kappa shape index (κ1) is 25.4. The van der Waals surface area contributed by atoms with Crippen LogP contribution in [0.4, 0.5) is 11.4 Å². The highest BCUT2D eigenvalue weighted by molar-refractivity contribution is 7.94. The van der Waals surface area contributed by atoms with E-state index in [1.165, 1.54) is 16.2 Å². The fraction of sp³-hybridized carbons (Fsp3) is 0.370. The SMILES string of the molecule is CC(C)N(c1cccc2c1NC(c1ncc(CN3CCC(c4ncccn4)C3)s1)C2)S(=O)(=O)c1cccs1. The molecule has 0 radical (unpaired) electrons. The number of nitrogens with zero attached hydrogens (tertiary/aromatic N) is 5. The molecule has 2 atom stereocenters. The predicted molar refractivity (Wildman–Crippen MR) is 152 cm³/mol. The Kier molecular flexibility index (Phi) is 6.93. The van der Waals surface area contributed by atoms with Gasteiger partial charge in [0.1, 0.15) is 15.0 Å². The number of thiophene rings is 1. The van der Waals surface area contributed by atoms with Gasteiger partial charge in [0, 0.05) is 54.9 Å². The minimum atomic E-state index is -3.66. The molecule has 6 rings (SSSR count). The van der Waals surface area contributed by atoms with Crippen molar-refractivity contribution in [2.45, 2.75) is 55.4 Å². The fourth-order valence-electron chi connectivity index (χ4n) is 5.38. The molecule has 3 aromatic heterocycles. The molecule has 1 fully saturated rings. The van der Waals surface area contributed by atoms with Crippen LogP contribution < -0.4 is 9.62 Å². The van der Waals surface area contributed by atoms with Crippen molar-refractivity contribution in [1.82, 2.24) is 19.9 Å². The van der Waals surface area contributed by atoms with Crippen molar-refractivity contribution in [3.8, 4) is 0 Å². The summed E-state index contributed by atoms with van der Waals surface area (Å²) in [5.41, 5.74) is 2.69. The molecule has 2 unspecified atom stereocenters. The van der Waals surface area contributed by atoms with Crippen LogP contribution in [0.1, 0.15) is 53.5 Å². The predicted octanol–water partition coefficient (Wildman–Crippen LogP) is 5.30. The highest BCUT2D eigenvalue weighted by Crippen LogP contribution is 2.44. The van der Waals surface area contributed by atoms with Gasteiger partial charge in [-0.05, 0) is 56.0 Å². The normalized spacial score (nSPS) is 19.6. The summed E-state index contributed by atoms with van der Waals surface area (Å²) in [5, 5.41) is 6.45. The Morgan fingerprint density at radius 2 is 1.97 bits per heavy atom. The Hall–Kier alpha value is -2.86. The summed E-state index contributed by atoms with van der Waals surface area (Å²) in [6, 6.07) is 11.0. The third-order valence-corrected chi connectivity index (χ3v) is 11.5. The summed E-state index contributed by atoms with van der Waals surface area (Å²) in [6.45, 7) is 6.67. The van der Waals surface area contributed by atoms with E-state index in [9.17, 15) is 8.42 Å². The van der Waals surface area contributed by atoms with Crippen molar-refractivity contribution in [3.05, 3.63) is 81.6 Å². The Morgan fingerprint density at radius 1 is 1.13 bits per heavy atom. The number of likely N-dealkylation sites (tertiary alicyclic amines) is 1. The third-order valence-electron chi connectivity index (χ3n) is 7.06. The highest BCUT2D eigenvalue weighted by atomic mass is 32.2. The second-order valence-corrected chi connectivity index (χ2v) is 14.2. The topological polar surface area (TPSA) is 91.3 Å². The molecule has 38 heavy (non-hydrogen) atoms. The molecule has 0 amide bonds. The molecule has 5 heterocycles. The van der Waals surface area contributed by atoms with E-state index in [0.717, 1.165) is 54.6 Å². The van der Waals surface area contributed by atoms with Crippen LogP contribution in [0.3, 0.4) is 0 Å². The first-order valence-corrected chi connectivity index (χ1v) is 15.9. The lowest BCUT2D eigenvalue weighted by molar-refractivity contribution is 0.328. The van der Waals surface area contributed by atoms with Gasteiger partial charge in [0.15, 0.2) is 0 Å². The number of fused-ring (bicyclic) bond motifs is 1. The van der Waals surface area contributed by atoms with Crippen molar-refractivity contribution in [1.29, 1.82) is 0 Å². The zero-order valence-corrected chi connectivity index (χ0v) is 23.8. The van der Waals surface area contributed by atoms with Crippen LogP contribution in [0, 0.1) is 0 Å². The summed E-state index contributed by atoms with van der Waals surface area (Å²) >= 11 is 2.98. The van der Waals surface area contributed by atoms with Crippen LogP contribution in [0.25, 0.3) is 0 Å². The van der Waals surface area contributed by atoms with Gasteiger partial charge in [0.25, 0.3) is 10.0 Å². The van der Waals surface area contributed by atoms with Gasteiger partial charge in [-0.15, -0.1) is 22.7 Å². The van der Waals surface area contributed by atoms with Gasteiger partial charge in [-0.1, -0.05) is 18.2 Å². The molecular weight excluding hydrogens is 537 g/mol. The van der Waals surface area contributed by atoms with E-state index in [2.05, 4.69) is 26.3 Å². The van der Waals surface area contributed by atoms with Crippen LogP contribution in [-0.4, -0.2) is 47.4 Å². The summed E-state index contributed by atoms with van der Waals surface area (Å²) in [6.07, 6.45) is 7.46. The number of hydrogen-bond acceptors (Lipinski definition) is 9. The average Bonchev–Trinajstić information content (AvgIpc) is 3.72. The van der Waals surface area contributed by atoms with Crippen LogP contribution in [0.5, 0.6) is 0 Å². The van der Waals surface area contributed by atoms with E-state index in [4.69, 9.17) is 4.98 Å². The third kappa shape index (κ3) is 4.84. The minimum absolute atomic E-state index is 0.0207. The maximum Gasteiger partial charge on any atom is 0.274 e. The van der Waals surface area contributed by atoms with Gasteiger partial charge >= 0.3 is 0 Å². The van der Waals surface area contributed by atoms with Crippen molar-refractivity contribution in [2.75, 3.05) is 22.7 Å². The van der Waals surface area contributed by atoms with Crippen LogP contribution in [-0.2, 0) is 23.0 Å². The quantitative estimate of drug-likeness (QED) is 0.310. The molecule has 2 aliphatic heterocycles. The minimum Gasteiger partial charge on any atom is -0.374 e. The maximum absolute atomic E-state index is 13.6. The van der Waals surface area contributed by atoms with Crippen LogP contribution >= 0.6 is 22.7 Å². The Bertz CT molecular complexity index is 1500. The van der Waals surface area contributed by atoms with Gasteiger partial charge in [-0.25, -0.2) is 23.4 Å². The lowest BCUT2D eigenvalue weighted by Crippen LogP contribution is -2.37. The van der Waals surface area contributed by atoms with E-state index in [1.807, 2.05) is 50.6 Å². The van der Waals surface area contributed by atoms with Crippen molar-refractivity contribution >= 4 is 44.1 Å². The number of anilines is 2. The smallest absolute Gasteiger partial charge is 0.274 e. The van der Waals surface area contributed by atoms with E-state index in [1.54, 1.807) is 33.2 Å². The number of para-hydroxylation sites is 1. The van der Waals surface area contributed by atoms with E-state index < -0.39 is 10.0 Å². The standard InChI is InChI=1S/C27H30N6O2S3/c1-18(2)33(38(34,35)24-8-4-13-36-24)23-7-3-6-19-14-22(31-25(19)23)27-30-15-21(37-27)17-32-12-9-20(16-32)26-28-10-5-11-29-26/h3-8,10-11,13,15,18,20,22,31H,9,12,14,16-17H2,1-2H3. The first-order chi connectivity index (χ1) is 18.4. The van der Waals surface area contributed by atoms with Crippen molar-refractivity contribution < 1.29 is 8.42 Å². The van der Waals surface area contributed by atoms with Crippen molar-refractivity contribution in [2.24, 2.45) is 0 Å². The highest BCUT2D eigenvalue weighted by Gasteiger charge is 2.34. The molecule has 1 N–H and O–H groups in total. The van der Waals surface area contributed by atoms with Crippen molar-refractivity contribution in [3.63, 3.8) is 0 Å². The molecule has 198 valence electrons. The monoisotopic (exact) mass is 566 g/mol. The zero-order valence-electron chi connectivity index (χ0n) is 21.3. The molecule has 0 spiro atoms. The molecular formula is C27H30N6O2S3. The van der Waals surface area contributed by atoms with Gasteiger partial charge in [-0.3, -0.25) is 9.21 Å². The number of rotatable bonds is 8. The van der Waals surface area contributed by atoms with E-state index in [0.29, 0.717) is 15.8 Å². The van der Waals surface area contributed by atoms with E-state index in [-0.39, 0.29) is 12.1 Å². The largest absolute Gasteiger partial charge is 0.374 e. The fourth-order valence-corrected chi connectivity index (χ4v) is 9.14. The van der Waals surface area contributed by atoms with Gasteiger partial charge in [-0.2, -0.15) is 0 Å². The number of sulfonamides is 1. The van der Waals surface area contributed by atoms with Gasteiger partial charge < -0.3 is 5.32 Å². The number of hydrogen-bond donors (Lipinski definition) is 1. The Balaban J connectivity index is 1.18. The molecule has 11 heteroatoms. The lowest BCUT2D eigenvalue weighted by atomic mass is 10.1. The Morgan fingerprint density at radius 3 is 2.74 bits per heavy atom. The summed E-state index contributed by atoms with van der Waals surface area (Å²) in [5.74, 6) is 1.31. The van der Waals surface area contributed by atoms with Gasteiger partial charge in [0.2, 0.25) is 0 Å². The maximum atomic E-state index is 13.6. The number of nitrogens with one attached hydrogen (secondary N) is 1. The molecule has 0 saturated carbocycles. The molecule has 1 aromatic carbocycles. The zero-order chi connectivity index (χ0) is 26.3. The van der Waals surface area contributed by atoms with Crippen LogP contribution in [0.2, 0.25) is 0 Å². The average molecular weight is 567 g/mol. The van der Waals surface area contributed by atoms with E-state index >= 15 is 0 Å².